The van der Waals surface area contributed by atoms with Gasteiger partial charge in [0.15, 0.2) is 5.65 Å². The third-order valence-electron chi connectivity index (χ3n) is 6.32. The molecule has 0 atom stereocenters. The van der Waals surface area contributed by atoms with Crippen molar-refractivity contribution in [2.24, 2.45) is 5.41 Å². The number of hydrogen-bond acceptors (Lipinski definition) is 5. The highest BCUT2D eigenvalue weighted by Crippen LogP contribution is 2.46. The lowest BCUT2D eigenvalue weighted by Gasteiger charge is -2.39. The molecule has 3 aromatic heterocycles. The maximum absolute atomic E-state index is 4.85. The summed E-state index contributed by atoms with van der Waals surface area (Å²) in [7, 11) is 0. The van der Waals surface area contributed by atoms with Crippen molar-refractivity contribution in [3.05, 3.63) is 42.6 Å². The second-order valence-electron chi connectivity index (χ2n) is 7.93. The molecule has 5 rings (SSSR count). The molecule has 0 radical (unpaired) electrons. The average Bonchev–Trinajstić information content (AvgIpc) is 3.35. The molecule has 0 amide bonds. The van der Waals surface area contributed by atoms with Gasteiger partial charge < -0.3 is 4.90 Å². The minimum atomic E-state index is 0.623. The Balaban J connectivity index is 1.42. The topological polar surface area (TPSA) is 46.3 Å². The predicted octanol–water partition coefficient (Wildman–Crippen LogP) is 4.74. The lowest BCUT2D eigenvalue weighted by atomic mass is 9.77. The average molecular weight is 380 g/mol. The first kappa shape index (κ1) is 17.0. The first-order valence-electron chi connectivity index (χ1n) is 9.91. The Morgan fingerprint density at radius 2 is 1.78 bits per heavy atom. The van der Waals surface area contributed by atoms with Crippen molar-refractivity contribution in [1.82, 2.24) is 19.4 Å². The number of pyridine rings is 1. The first-order valence-corrected chi connectivity index (χ1v) is 10.7. The van der Waals surface area contributed by atoms with Gasteiger partial charge in [-0.25, -0.2) is 9.97 Å². The third kappa shape index (κ3) is 3.10. The Kier molecular flexibility index (Phi) is 4.31. The van der Waals surface area contributed by atoms with E-state index in [1.165, 1.54) is 38.5 Å². The van der Waals surface area contributed by atoms with E-state index in [4.69, 9.17) is 4.98 Å². The molecule has 2 fully saturated rings. The van der Waals surface area contributed by atoms with E-state index >= 15 is 0 Å². The van der Waals surface area contributed by atoms with E-state index < -0.39 is 0 Å². The summed E-state index contributed by atoms with van der Waals surface area (Å²) in [4.78, 5) is 18.5. The summed E-state index contributed by atoms with van der Waals surface area (Å²) in [5, 5.41) is 0. The van der Waals surface area contributed by atoms with Crippen molar-refractivity contribution in [2.75, 3.05) is 18.0 Å². The van der Waals surface area contributed by atoms with Gasteiger partial charge in [-0.2, -0.15) is 0 Å². The normalized spacial score (nSPS) is 19.2. The largest absolute Gasteiger partial charge is 0.342 e. The molecule has 1 aliphatic carbocycles. The number of aryl methyl sites for hydroxylation is 1. The van der Waals surface area contributed by atoms with E-state index in [1.54, 1.807) is 11.8 Å². The van der Waals surface area contributed by atoms with Crippen LogP contribution in [0.25, 0.3) is 5.65 Å². The highest BCUT2D eigenvalue weighted by molar-refractivity contribution is 7.99. The van der Waals surface area contributed by atoms with Gasteiger partial charge in [0.2, 0.25) is 5.95 Å². The number of aromatic nitrogens is 4. The molecule has 4 heterocycles. The number of nitrogens with zero attached hydrogens (tertiary/aromatic N) is 5. The Morgan fingerprint density at radius 3 is 2.56 bits per heavy atom. The van der Waals surface area contributed by atoms with Crippen LogP contribution >= 0.6 is 11.8 Å². The maximum atomic E-state index is 4.85. The number of hydrogen-bond donors (Lipinski definition) is 0. The molecule has 1 saturated heterocycles. The molecular weight excluding hydrogens is 354 g/mol. The summed E-state index contributed by atoms with van der Waals surface area (Å²) in [6, 6.07) is 4.08. The summed E-state index contributed by atoms with van der Waals surface area (Å²) in [6.07, 6.45) is 16.0. The summed E-state index contributed by atoms with van der Waals surface area (Å²) >= 11 is 1.69. The van der Waals surface area contributed by atoms with E-state index in [0.29, 0.717) is 5.41 Å². The first-order chi connectivity index (χ1) is 13.2. The van der Waals surface area contributed by atoms with Crippen LogP contribution in [0.5, 0.6) is 0 Å². The molecule has 0 bridgehead atoms. The van der Waals surface area contributed by atoms with Crippen LogP contribution in [0.2, 0.25) is 0 Å². The summed E-state index contributed by atoms with van der Waals surface area (Å²) < 4.78 is 2.15. The maximum Gasteiger partial charge on any atom is 0.211 e. The number of fused-ring (bicyclic) bond motifs is 1. The number of rotatable bonds is 3. The Morgan fingerprint density at radius 1 is 0.963 bits per heavy atom. The molecule has 2 aliphatic rings. The van der Waals surface area contributed by atoms with Crippen molar-refractivity contribution >= 4 is 23.4 Å². The van der Waals surface area contributed by atoms with Crippen LogP contribution in [0.3, 0.4) is 0 Å². The summed E-state index contributed by atoms with van der Waals surface area (Å²) in [5.74, 6) is 1.03. The van der Waals surface area contributed by atoms with Crippen LogP contribution in [-0.4, -0.2) is 32.4 Å². The van der Waals surface area contributed by atoms with Crippen molar-refractivity contribution in [3.63, 3.8) is 0 Å². The lowest BCUT2D eigenvalue weighted by molar-refractivity contribution is 0.225. The smallest absolute Gasteiger partial charge is 0.211 e. The molecule has 5 nitrogen and oxygen atoms in total. The lowest BCUT2D eigenvalue weighted by Crippen LogP contribution is -2.40. The highest BCUT2D eigenvalue weighted by atomic mass is 32.2. The molecule has 0 N–H and O–H groups in total. The molecule has 6 heteroatoms. The highest BCUT2D eigenvalue weighted by Gasteiger charge is 2.37. The molecule has 0 aromatic carbocycles. The van der Waals surface area contributed by atoms with Gasteiger partial charge >= 0.3 is 0 Å². The number of piperidine rings is 1. The van der Waals surface area contributed by atoms with Gasteiger partial charge in [0.05, 0.1) is 10.6 Å². The number of imidazole rings is 1. The zero-order valence-corrected chi connectivity index (χ0v) is 16.6. The molecule has 1 aliphatic heterocycles. The van der Waals surface area contributed by atoms with Crippen molar-refractivity contribution in [1.29, 1.82) is 0 Å². The molecule has 3 aromatic rings. The fourth-order valence-corrected chi connectivity index (χ4v) is 5.62. The predicted molar refractivity (Wildman–Crippen MR) is 108 cm³/mol. The van der Waals surface area contributed by atoms with Crippen LogP contribution in [0.1, 0.15) is 44.2 Å². The Bertz CT molecular complexity index is 950. The molecule has 27 heavy (non-hydrogen) atoms. The molecule has 1 saturated carbocycles. The van der Waals surface area contributed by atoms with Crippen LogP contribution in [0.15, 0.2) is 46.7 Å². The fourth-order valence-electron chi connectivity index (χ4n) is 4.69. The quantitative estimate of drug-likeness (QED) is 0.657. The Hall–Kier alpha value is -2.08. The van der Waals surface area contributed by atoms with Gasteiger partial charge in [0.1, 0.15) is 0 Å². The van der Waals surface area contributed by atoms with Gasteiger partial charge in [-0.15, -0.1) is 0 Å². The molecule has 140 valence electrons. The van der Waals surface area contributed by atoms with E-state index in [0.717, 1.165) is 40.2 Å². The van der Waals surface area contributed by atoms with E-state index in [-0.39, 0.29) is 0 Å². The summed E-state index contributed by atoms with van der Waals surface area (Å²) in [5.41, 5.74) is 2.64. The van der Waals surface area contributed by atoms with E-state index in [1.807, 2.05) is 37.8 Å². The van der Waals surface area contributed by atoms with E-state index in [2.05, 4.69) is 25.3 Å². The van der Waals surface area contributed by atoms with Crippen molar-refractivity contribution < 1.29 is 0 Å². The van der Waals surface area contributed by atoms with Gasteiger partial charge in [-0.1, -0.05) is 24.6 Å². The minimum Gasteiger partial charge on any atom is -0.342 e. The van der Waals surface area contributed by atoms with Crippen molar-refractivity contribution in [3.8, 4) is 0 Å². The fraction of sp³-hybridized carbons (Fsp3) is 0.476. The van der Waals surface area contributed by atoms with Crippen LogP contribution in [0, 0.1) is 12.3 Å². The van der Waals surface area contributed by atoms with Crippen LogP contribution in [-0.2, 0) is 0 Å². The van der Waals surface area contributed by atoms with Gasteiger partial charge in [-0.05, 0) is 50.2 Å². The van der Waals surface area contributed by atoms with Gasteiger partial charge in [-0.3, -0.25) is 9.38 Å². The molecule has 1 spiro atoms. The second kappa shape index (κ2) is 6.82. The van der Waals surface area contributed by atoms with Crippen molar-refractivity contribution in [2.45, 2.75) is 55.2 Å². The van der Waals surface area contributed by atoms with Crippen LogP contribution < -0.4 is 4.90 Å². The zero-order valence-electron chi connectivity index (χ0n) is 15.8. The Labute approximate surface area is 164 Å². The molecule has 0 unspecified atom stereocenters. The molecular formula is C21H25N5S. The van der Waals surface area contributed by atoms with Crippen LogP contribution in [0.4, 0.5) is 5.95 Å². The summed E-state index contributed by atoms with van der Waals surface area (Å²) in [6.45, 7) is 4.25. The van der Waals surface area contributed by atoms with Gasteiger partial charge in [0.25, 0.3) is 0 Å². The zero-order chi connectivity index (χ0) is 18.3. The third-order valence-corrected chi connectivity index (χ3v) is 7.48. The van der Waals surface area contributed by atoms with E-state index in [9.17, 15) is 0 Å². The SMILES string of the molecule is Cc1ncccc1Sc1cnc(N2CCC3(CCCC3)CC2)n2ccnc12. The number of anilines is 1. The minimum absolute atomic E-state index is 0.623. The monoisotopic (exact) mass is 379 g/mol. The second-order valence-corrected chi connectivity index (χ2v) is 9.01. The van der Waals surface area contributed by atoms with Gasteiger partial charge in [0, 0.05) is 42.8 Å². The standard InChI is InChI=1S/C21H25N5S/c1-16-17(5-4-10-22-16)27-18-15-24-20(26-14-11-23-19(18)26)25-12-8-21(9-13-25)6-2-3-7-21/h4-5,10-11,14-15H,2-3,6-9,12-13H2,1H3.